The average Bonchev–Trinajstić information content (AvgIpc) is 2.38. The molecule has 5 heteroatoms. The van der Waals surface area contributed by atoms with Crippen LogP contribution in [0, 0.1) is 0 Å². The number of piperidine rings is 1. The fraction of sp³-hybridized carbons (Fsp3) is 0.462. The third-order valence-electron chi connectivity index (χ3n) is 2.84. The van der Waals surface area contributed by atoms with Gasteiger partial charge >= 0.3 is 0 Å². The molecule has 0 spiro atoms. The minimum absolute atomic E-state index is 0.105. The van der Waals surface area contributed by atoms with Crippen molar-refractivity contribution in [3.63, 3.8) is 0 Å². The van der Waals surface area contributed by atoms with Gasteiger partial charge in [0.1, 0.15) is 6.61 Å². The minimum atomic E-state index is -0.105. The van der Waals surface area contributed by atoms with E-state index in [9.17, 15) is 4.79 Å². The molecule has 0 atom stereocenters. The summed E-state index contributed by atoms with van der Waals surface area (Å²) in [6.07, 6.45) is 2.16. The highest BCUT2D eigenvalue weighted by molar-refractivity contribution is 9.10. The minimum Gasteiger partial charge on any atom is -0.368 e. The van der Waals surface area contributed by atoms with Crippen LogP contribution in [0.25, 0.3) is 0 Å². The quantitative estimate of drug-likeness (QED) is 0.895. The van der Waals surface area contributed by atoms with Crippen LogP contribution in [0.15, 0.2) is 28.7 Å². The molecule has 1 aromatic rings. The third kappa shape index (κ3) is 4.40. The first-order chi connectivity index (χ1) is 8.74. The molecule has 0 unspecified atom stereocenters. The second-order valence-corrected chi connectivity index (χ2v) is 5.23. The van der Waals surface area contributed by atoms with Gasteiger partial charge in [-0.3, -0.25) is 4.79 Å². The maximum atomic E-state index is 11.7. The third-order valence-corrected chi connectivity index (χ3v) is 3.34. The summed E-state index contributed by atoms with van der Waals surface area (Å²) in [6, 6.07) is 7.52. The van der Waals surface area contributed by atoms with Gasteiger partial charge in [0.2, 0.25) is 5.91 Å². The first kappa shape index (κ1) is 13.5. The molecule has 1 aromatic carbocycles. The summed E-state index contributed by atoms with van der Waals surface area (Å²) in [6.45, 7) is 2.06. The Morgan fingerprint density at radius 1 is 1.44 bits per heavy atom. The van der Waals surface area contributed by atoms with Crippen molar-refractivity contribution < 1.29 is 9.53 Å². The van der Waals surface area contributed by atoms with Crippen LogP contribution >= 0.6 is 15.9 Å². The van der Waals surface area contributed by atoms with Crippen molar-refractivity contribution in [3.8, 4) is 0 Å². The van der Waals surface area contributed by atoms with Gasteiger partial charge in [0.25, 0.3) is 0 Å². The summed E-state index contributed by atoms with van der Waals surface area (Å²) < 4.78 is 6.53. The molecule has 0 saturated carbocycles. The number of amides is 1. The van der Waals surface area contributed by atoms with E-state index in [-0.39, 0.29) is 18.6 Å². The number of hydrogen-bond acceptors (Lipinski definition) is 3. The number of nitrogens with one attached hydrogen (secondary N) is 2. The van der Waals surface area contributed by atoms with E-state index in [1.165, 1.54) is 0 Å². The molecule has 98 valence electrons. The molecule has 0 aliphatic carbocycles. The molecule has 1 heterocycles. The largest absolute Gasteiger partial charge is 0.368 e. The zero-order chi connectivity index (χ0) is 12.8. The molecular formula is C13H17BrN2O2. The van der Waals surface area contributed by atoms with Crippen LogP contribution in [0.5, 0.6) is 0 Å². The lowest BCUT2D eigenvalue weighted by Gasteiger charge is -2.22. The lowest BCUT2D eigenvalue weighted by atomic mass is 10.1. The summed E-state index contributed by atoms with van der Waals surface area (Å²) in [7, 11) is 0. The standard InChI is InChI=1S/C13H17BrN2O2/c14-10-2-1-3-11(8-10)16-13(17)9-18-12-4-6-15-7-5-12/h1-3,8,12,15H,4-7,9H2,(H,16,17). The summed E-state index contributed by atoms with van der Waals surface area (Å²) in [5.41, 5.74) is 0.781. The van der Waals surface area contributed by atoms with Crippen molar-refractivity contribution in [1.29, 1.82) is 0 Å². The van der Waals surface area contributed by atoms with Crippen LogP contribution in [-0.4, -0.2) is 31.7 Å². The molecule has 1 aliphatic heterocycles. The Hall–Kier alpha value is -0.910. The highest BCUT2D eigenvalue weighted by atomic mass is 79.9. The molecule has 0 bridgehead atoms. The van der Waals surface area contributed by atoms with Crippen LogP contribution < -0.4 is 10.6 Å². The zero-order valence-electron chi connectivity index (χ0n) is 10.1. The SMILES string of the molecule is O=C(COC1CCNCC1)Nc1cccc(Br)c1. The van der Waals surface area contributed by atoms with Crippen LogP contribution in [0.3, 0.4) is 0 Å². The zero-order valence-corrected chi connectivity index (χ0v) is 11.7. The number of carbonyl (C=O) groups is 1. The number of halogens is 1. The van der Waals surface area contributed by atoms with Crippen molar-refractivity contribution in [3.05, 3.63) is 28.7 Å². The van der Waals surface area contributed by atoms with E-state index < -0.39 is 0 Å². The Morgan fingerprint density at radius 2 is 2.22 bits per heavy atom. The molecule has 4 nitrogen and oxygen atoms in total. The topological polar surface area (TPSA) is 50.4 Å². The summed E-state index contributed by atoms with van der Waals surface area (Å²) in [5.74, 6) is -0.105. The Labute approximate surface area is 115 Å². The Morgan fingerprint density at radius 3 is 2.94 bits per heavy atom. The molecule has 2 N–H and O–H groups in total. The van der Waals surface area contributed by atoms with Gasteiger partial charge in [-0.25, -0.2) is 0 Å². The van der Waals surface area contributed by atoms with Gasteiger partial charge in [-0.1, -0.05) is 22.0 Å². The Balaban J connectivity index is 1.74. The fourth-order valence-electron chi connectivity index (χ4n) is 1.92. The van der Waals surface area contributed by atoms with Crippen LogP contribution in [0.2, 0.25) is 0 Å². The van der Waals surface area contributed by atoms with Crippen molar-refractivity contribution in [2.75, 3.05) is 25.0 Å². The van der Waals surface area contributed by atoms with Gasteiger partial charge < -0.3 is 15.4 Å². The molecule has 2 rings (SSSR count). The Bertz CT molecular complexity index is 406. The van der Waals surface area contributed by atoms with Gasteiger partial charge in [-0.15, -0.1) is 0 Å². The van der Waals surface area contributed by atoms with Gasteiger partial charge in [0.05, 0.1) is 6.10 Å². The van der Waals surface area contributed by atoms with E-state index in [4.69, 9.17) is 4.74 Å². The van der Waals surface area contributed by atoms with Gasteiger partial charge in [-0.05, 0) is 44.1 Å². The maximum Gasteiger partial charge on any atom is 0.250 e. The van der Waals surface area contributed by atoms with Crippen LogP contribution in [0.4, 0.5) is 5.69 Å². The highest BCUT2D eigenvalue weighted by Crippen LogP contribution is 2.15. The van der Waals surface area contributed by atoms with Gasteiger partial charge in [-0.2, -0.15) is 0 Å². The van der Waals surface area contributed by atoms with E-state index in [1.807, 2.05) is 24.3 Å². The van der Waals surface area contributed by atoms with Crippen LogP contribution in [0.1, 0.15) is 12.8 Å². The van der Waals surface area contributed by atoms with E-state index in [1.54, 1.807) is 0 Å². The van der Waals surface area contributed by atoms with E-state index >= 15 is 0 Å². The smallest absolute Gasteiger partial charge is 0.250 e. The molecule has 18 heavy (non-hydrogen) atoms. The molecule has 1 aliphatic rings. The number of rotatable bonds is 4. The lowest BCUT2D eigenvalue weighted by Crippen LogP contribution is -2.34. The maximum absolute atomic E-state index is 11.7. The van der Waals surface area contributed by atoms with Crippen molar-refractivity contribution in [2.24, 2.45) is 0 Å². The molecule has 1 amide bonds. The van der Waals surface area contributed by atoms with Gasteiger partial charge in [0, 0.05) is 10.2 Å². The monoisotopic (exact) mass is 312 g/mol. The first-order valence-corrected chi connectivity index (χ1v) is 6.91. The Kier molecular flexibility index (Phi) is 5.16. The highest BCUT2D eigenvalue weighted by Gasteiger charge is 2.14. The van der Waals surface area contributed by atoms with Crippen LogP contribution in [-0.2, 0) is 9.53 Å². The first-order valence-electron chi connectivity index (χ1n) is 6.12. The summed E-state index contributed by atoms with van der Waals surface area (Å²) in [4.78, 5) is 11.7. The normalized spacial score (nSPS) is 16.5. The van der Waals surface area contributed by atoms with Crippen molar-refractivity contribution in [2.45, 2.75) is 18.9 Å². The predicted molar refractivity (Wildman–Crippen MR) is 74.6 cm³/mol. The second-order valence-electron chi connectivity index (χ2n) is 4.32. The second kappa shape index (κ2) is 6.87. The number of carbonyl (C=O) groups excluding carboxylic acids is 1. The fourth-order valence-corrected chi connectivity index (χ4v) is 2.32. The van der Waals surface area contributed by atoms with Crippen molar-refractivity contribution >= 4 is 27.5 Å². The van der Waals surface area contributed by atoms with E-state index in [2.05, 4.69) is 26.6 Å². The average molecular weight is 313 g/mol. The molecule has 1 saturated heterocycles. The molecular weight excluding hydrogens is 296 g/mol. The number of ether oxygens (including phenoxy) is 1. The molecule has 0 radical (unpaired) electrons. The summed E-state index contributed by atoms with van der Waals surface area (Å²) >= 11 is 3.36. The molecule has 1 fully saturated rings. The lowest BCUT2D eigenvalue weighted by molar-refractivity contribution is -0.123. The van der Waals surface area contributed by atoms with Crippen molar-refractivity contribution in [1.82, 2.24) is 5.32 Å². The number of benzene rings is 1. The number of anilines is 1. The molecule has 0 aromatic heterocycles. The number of hydrogen-bond donors (Lipinski definition) is 2. The predicted octanol–water partition coefficient (Wildman–Crippen LogP) is 2.16. The van der Waals surface area contributed by atoms with E-state index in [0.29, 0.717) is 0 Å². The van der Waals surface area contributed by atoms with Gasteiger partial charge in [0.15, 0.2) is 0 Å². The summed E-state index contributed by atoms with van der Waals surface area (Å²) in [5, 5.41) is 6.08. The van der Waals surface area contributed by atoms with E-state index in [0.717, 1.165) is 36.1 Å².